The van der Waals surface area contributed by atoms with Crippen molar-refractivity contribution in [2.45, 2.75) is 64.8 Å². The molecule has 3 rings (SSSR count). The van der Waals surface area contributed by atoms with Gasteiger partial charge in [0.25, 0.3) is 5.91 Å². The van der Waals surface area contributed by atoms with Gasteiger partial charge in [-0.2, -0.15) is 0 Å². The second-order valence-electron chi connectivity index (χ2n) is 8.01. The van der Waals surface area contributed by atoms with Gasteiger partial charge < -0.3 is 15.0 Å². The Hall–Kier alpha value is -2.04. The first-order chi connectivity index (χ1) is 13.0. The van der Waals surface area contributed by atoms with Gasteiger partial charge in [0, 0.05) is 25.0 Å². The van der Waals surface area contributed by atoms with Crippen molar-refractivity contribution in [1.29, 1.82) is 0 Å². The molecule has 0 unspecified atom stereocenters. The maximum Gasteiger partial charge on any atom is 0.258 e. The first-order valence-electron chi connectivity index (χ1n) is 10.3. The second-order valence-corrected chi connectivity index (χ2v) is 8.01. The zero-order valence-electron chi connectivity index (χ0n) is 16.6. The quantitative estimate of drug-likeness (QED) is 0.862. The highest BCUT2D eigenvalue weighted by Crippen LogP contribution is 2.26. The third-order valence-corrected chi connectivity index (χ3v) is 5.88. The molecule has 0 radical (unpaired) electrons. The minimum absolute atomic E-state index is 0.0346. The van der Waals surface area contributed by atoms with Crippen molar-refractivity contribution in [2.24, 2.45) is 5.92 Å². The van der Waals surface area contributed by atoms with E-state index in [1.807, 2.05) is 36.9 Å². The Morgan fingerprint density at radius 2 is 1.67 bits per heavy atom. The normalized spacial score (nSPS) is 19.0. The largest absolute Gasteiger partial charge is 0.483 e. The maximum atomic E-state index is 12.6. The van der Waals surface area contributed by atoms with E-state index in [-0.39, 0.29) is 24.5 Å². The molecule has 2 amide bonds. The molecule has 27 heavy (non-hydrogen) atoms. The van der Waals surface area contributed by atoms with Gasteiger partial charge in [-0.05, 0) is 50.7 Å². The predicted octanol–water partition coefficient (Wildman–Crippen LogP) is 3.37. The number of piperidine rings is 1. The fraction of sp³-hybridized carbons (Fsp3) is 0.636. The molecule has 1 aliphatic heterocycles. The van der Waals surface area contributed by atoms with E-state index in [4.69, 9.17) is 4.74 Å². The van der Waals surface area contributed by atoms with Gasteiger partial charge in [-0.3, -0.25) is 9.59 Å². The predicted molar refractivity (Wildman–Crippen MR) is 106 cm³/mol. The minimum atomic E-state index is -0.0882. The van der Waals surface area contributed by atoms with Crippen LogP contribution < -0.4 is 10.1 Å². The third kappa shape index (κ3) is 5.24. The van der Waals surface area contributed by atoms with Crippen molar-refractivity contribution in [2.75, 3.05) is 19.7 Å². The lowest BCUT2D eigenvalue weighted by Crippen LogP contribution is -2.49. The van der Waals surface area contributed by atoms with Crippen LogP contribution in [0.4, 0.5) is 0 Å². The molecule has 1 aromatic carbocycles. The summed E-state index contributed by atoms with van der Waals surface area (Å²) in [6.45, 7) is 5.50. The monoisotopic (exact) mass is 372 g/mol. The Morgan fingerprint density at radius 1 is 1.04 bits per heavy atom. The Bertz CT molecular complexity index is 639. The topological polar surface area (TPSA) is 58.6 Å². The van der Waals surface area contributed by atoms with E-state index in [1.54, 1.807) is 0 Å². The van der Waals surface area contributed by atoms with E-state index in [0.717, 1.165) is 55.6 Å². The van der Waals surface area contributed by atoms with Crippen molar-refractivity contribution in [3.05, 3.63) is 29.3 Å². The number of likely N-dealkylation sites (tertiary alicyclic amines) is 1. The van der Waals surface area contributed by atoms with Crippen LogP contribution in [-0.4, -0.2) is 42.5 Å². The first kappa shape index (κ1) is 19.7. The molecule has 2 aliphatic rings. The number of benzene rings is 1. The lowest BCUT2D eigenvalue weighted by atomic mass is 9.87. The lowest BCUT2D eigenvalue weighted by Gasteiger charge is -2.35. The number of aryl methyl sites for hydroxylation is 2. The van der Waals surface area contributed by atoms with Gasteiger partial charge in [0.05, 0.1) is 0 Å². The summed E-state index contributed by atoms with van der Waals surface area (Å²) in [6, 6.07) is 6.09. The summed E-state index contributed by atoms with van der Waals surface area (Å²) in [7, 11) is 0. The number of carbonyl (C=O) groups is 2. The summed E-state index contributed by atoms with van der Waals surface area (Å²) in [6.07, 6.45) is 7.38. The summed E-state index contributed by atoms with van der Waals surface area (Å²) >= 11 is 0. The Balaban J connectivity index is 1.41. The van der Waals surface area contributed by atoms with Crippen LogP contribution in [0.2, 0.25) is 0 Å². The highest BCUT2D eigenvalue weighted by molar-refractivity contribution is 5.79. The van der Waals surface area contributed by atoms with Crippen molar-refractivity contribution in [3.63, 3.8) is 0 Å². The number of amides is 2. The van der Waals surface area contributed by atoms with Crippen LogP contribution in [0.25, 0.3) is 0 Å². The summed E-state index contributed by atoms with van der Waals surface area (Å²) < 4.78 is 5.73. The third-order valence-electron chi connectivity index (χ3n) is 5.88. The zero-order chi connectivity index (χ0) is 19.2. The van der Waals surface area contributed by atoms with Crippen LogP contribution in [0.3, 0.4) is 0 Å². The highest BCUT2D eigenvalue weighted by Gasteiger charge is 2.29. The molecule has 5 nitrogen and oxygen atoms in total. The van der Waals surface area contributed by atoms with Crippen LogP contribution in [0, 0.1) is 19.8 Å². The first-order valence-corrected chi connectivity index (χ1v) is 10.3. The molecule has 2 fully saturated rings. The van der Waals surface area contributed by atoms with E-state index < -0.39 is 0 Å². The standard InChI is InChI=1S/C22H32N2O3/c1-16-7-6-8-17(2)21(16)27-15-20(25)23-19-11-13-24(14-12-19)22(26)18-9-4-3-5-10-18/h6-8,18-19H,3-5,9-15H2,1-2H3,(H,23,25). The summed E-state index contributed by atoms with van der Waals surface area (Å²) in [4.78, 5) is 26.9. The van der Waals surface area contributed by atoms with Gasteiger partial charge in [-0.15, -0.1) is 0 Å². The molecule has 5 heteroatoms. The van der Waals surface area contributed by atoms with E-state index in [9.17, 15) is 9.59 Å². The van der Waals surface area contributed by atoms with Gasteiger partial charge >= 0.3 is 0 Å². The van der Waals surface area contributed by atoms with Gasteiger partial charge in [0.15, 0.2) is 6.61 Å². The van der Waals surface area contributed by atoms with Crippen molar-refractivity contribution >= 4 is 11.8 Å². The summed E-state index contributed by atoms with van der Waals surface area (Å²) in [5.74, 6) is 1.27. The molecule has 0 atom stereocenters. The zero-order valence-corrected chi connectivity index (χ0v) is 16.6. The number of para-hydroxylation sites is 1. The fourth-order valence-electron chi connectivity index (χ4n) is 4.29. The van der Waals surface area contributed by atoms with Crippen LogP contribution in [0.5, 0.6) is 5.75 Å². The fourth-order valence-corrected chi connectivity index (χ4v) is 4.29. The van der Waals surface area contributed by atoms with Crippen molar-refractivity contribution in [1.82, 2.24) is 10.2 Å². The highest BCUT2D eigenvalue weighted by atomic mass is 16.5. The Kier molecular flexibility index (Phi) is 6.75. The van der Waals surface area contributed by atoms with E-state index >= 15 is 0 Å². The molecule has 0 bridgehead atoms. The molecular formula is C22H32N2O3. The van der Waals surface area contributed by atoms with Gasteiger partial charge in [-0.25, -0.2) is 0 Å². The molecule has 1 saturated heterocycles. The van der Waals surface area contributed by atoms with Gasteiger partial charge in [-0.1, -0.05) is 37.5 Å². The van der Waals surface area contributed by atoms with Crippen LogP contribution >= 0.6 is 0 Å². The number of nitrogens with one attached hydrogen (secondary N) is 1. The Morgan fingerprint density at radius 3 is 2.30 bits per heavy atom. The number of hydrogen-bond acceptors (Lipinski definition) is 3. The van der Waals surface area contributed by atoms with E-state index in [0.29, 0.717) is 5.91 Å². The van der Waals surface area contributed by atoms with Crippen LogP contribution in [0.1, 0.15) is 56.1 Å². The maximum absolute atomic E-state index is 12.6. The number of rotatable bonds is 5. The lowest BCUT2D eigenvalue weighted by molar-refractivity contribution is -0.137. The van der Waals surface area contributed by atoms with Crippen molar-refractivity contribution in [3.8, 4) is 5.75 Å². The number of ether oxygens (including phenoxy) is 1. The SMILES string of the molecule is Cc1cccc(C)c1OCC(=O)NC1CCN(C(=O)C2CCCCC2)CC1. The summed E-state index contributed by atoms with van der Waals surface area (Å²) in [5.41, 5.74) is 2.08. The second kappa shape index (κ2) is 9.25. The molecular weight excluding hydrogens is 340 g/mol. The van der Waals surface area contributed by atoms with E-state index in [1.165, 1.54) is 19.3 Å². The average molecular weight is 373 g/mol. The molecule has 0 spiro atoms. The van der Waals surface area contributed by atoms with Gasteiger partial charge in [0.1, 0.15) is 5.75 Å². The molecule has 1 aliphatic carbocycles. The molecule has 1 heterocycles. The van der Waals surface area contributed by atoms with Crippen LogP contribution in [0.15, 0.2) is 18.2 Å². The average Bonchev–Trinajstić information content (AvgIpc) is 2.68. The number of carbonyl (C=O) groups excluding carboxylic acids is 2. The minimum Gasteiger partial charge on any atom is -0.483 e. The summed E-state index contributed by atoms with van der Waals surface area (Å²) in [5, 5.41) is 3.07. The molecule has 1 N–H and O–H groups in total. The molecule has 148 valence electrons. The van der Waals surface area contributed by atoms with E-state index in [2.05, 4.69) is 5.32 Å². The molecule has 1 saturated carbocycles. The number of hydrogen-bond donors (Lipinski definition) is 1. The van der Waals surface area contributed by atoms with Crippen molar-refractivity contribution < 1.29 is 14.3 Å². The molecule has 1 aromatic rings. The Labute approximate surface area is 162 Å². The smallest absolute Gasteiger partial charge is 0.258 e. The van der Waals surface area contributed by atoms with Crippen LogP contribution in [-0.2, 0) is 9.59 Å². The molecule has 0 aromatic heterocycles. The number of nitrogens with zero attached hydrogens (tertiary/aromatic N) is 1. The van der Waals surface area contributed by atoms with Gasteiger partial charge in [0.2, 0.25) is 5.91 Å².